The zero-order valence-corrected chi connectivity index (χ0v) is 18.0. The fourth-order valence-electron chi connectivity index (χ4n) is 3.08. The predicted molar refractivity (Wildman–Crippen MR) is 117 cm³/mol. The first-order valence-electron chi connectivity index (χ1n) is 9.65. The van der Waals surface area contributed by atoms with Crippen LogP contribution in [0.25, 0.3) is 0 Å². The molecule has 150 valence electrons. The normalized spacial score (nSPS) is 11.7. The van der Waals surface area contributed by atoms with Crippen LogP contribution in [0.15, 0.2) is 48.5 Å². The van der Waals surface area contributed by atoms with Crippen molar-refractivity contribution < 1.29 is 9.59 Å². The van der Waals surface area contributed by atoms with Gasteiger partial charge in [-0.1, -0.05) is 61.0 Å². The Balaban J connectivity index is 2.10. The maximum absolute atomic E-state index is 13.0. The topological polar surface area (TPSA) is 49.4 Å². The van der Waals surface area contributed by atoms with E-state index in [0.717, 1.165) is 16.9 Å². The van der Waals surface area contributed by atoms with E-state index in [1.165, 1.54) is 11.1 Å². The summed E-state index contributed by atoms with van der Waals surface area (Å²) in [5.41, 5.74) is 4.62. The second-order valence-electron chi connectivity index (χ2n) is 6.96. The molecular formula is C23H30N2O2S. The molecule has 1 N–H and O–H groups in total. The van der Waals surface area contributed by atoms with Crippen molar-refractivity contribution in [2.24, 2.45) is 0 Å². The standard InChI is InChI=1S/C23H30N2O2S/c1-5-21(23(27)24-4)25(14-20-9-7-6-8-18(20)3)22(26)16-28-15-19-12-10-17(2)11-13-19/h6-13,21H,5,14-16H2,1-4H3,(H,24,27). The molecule has 0 saturated carbocycles. The smallest absolute Gasteiger partial charge is 0.242 e. The number of carbonyl (C=O) groups is 2. The van der Waals surface area contributed by atoms with Crippen LogP contribution in [-0.2, 0) is 21.9 Å². The lowest BCUT2D eigenvalue weighted by atomic mass is 10.1. The van der Waals surface area contributed by atoms with Crippen LogP contribution in [0.5, 0.6) is 0 Å². The Morgan fingerprint density at radius 3 is 2.36 bits per heavy atom. The molecule has 0 spiro atoms. The van der Waals surface area contributed by atoms with Gasteiger partial charge in [0.05, 0.1) is 5.75 Å². The lowest BCUT2D eigenvalue weighted by Gasteiger charge is -2.30. The minimum atomic E-state index is -0.461. The van der Waals surface area contributed by atoms with Gasteiger partial charge in [-0.3, -0.25) is 9.59 Å². The molecule has 2 amide bonds. The summed E-state index contributed by atoms with van der Waals surface area (Å²) in [6.07, 6.45) is 0.583. The van der Waals surface area contributed by atoms with Gasteiger partial charge >= 0.3 is 0 Å². The highest BCUT2D eigenvalue weighted by Crippen LogP contribution is 2.19. The van der Waals surface area contributed by atoms with Crippen LogP contribution in [0.3, 0.4) is 0 Å². The van der Waals surface area contributed by atoms with Crippen molar-refractivity contribution >= 4 is 23.6 Å². The van der Waals surface area contributed by atoms with Gasteiger partial charge in [-0.2, -0.15) is 0 Å². The van der Waals surface area contributed by atoms with E-state index in [2.05, 4.69) is 36.5 Å². The summed E-state index contributed by atoms with van der Waals surface area (Å²) in [7, 11) is 1.62. The summed E-state index contributed by atoms with van der Waals surface area (Å²) in [5.74, 6) is 1.01. The number of hydrogen-bond donors (Lipinski definition) is 1. The van der Waals surface area contributed by atoms with Crippen LogP contribution in [0.1, 0.15) is 35.6 Å². The van der Waals surface area contributed by atoms with Crippen LogP contribution < -0.4 is 5.32 Å². The van der Waals surface area contributed by atoms with E-state index < -0.39 is 6.04 Å². The lowest BCUT2D eigenvalue weighted by Crippen LogP contribution is -2.48. The molecule has 0 aliphatic heterocycles. The summed E-state index contributed by atoms with van der Waals surface area (Å²) in [4.78, 5) is 27.2. The minimum absolute atomic E-state index is 0.00388. The summed E-state index contributed by atoms with van der Waals surface area (Å²) in [6.45, 7) is 6.48. The third-order valence-electron chi connectivity index (χ3n) is 4.85. The predicted octanol–water partition coefficient (Wildman–Crippen LogP) is 4.09. The van der Waals surface area contributed by atoms with Gasteiger partial charge in [0.15, 0.2) is 0 Å². The molecule has 0 fully saturated rings. The quantitative estimate of drug-likeness (QED) is 0.692. The van der Waals surface area contributed by atoms with Crippen molar-refractivity contribution in [1.82, 2.24) is 10.2 Å². The summed E-state index contributed by atoms with van der Waals surface area (Å²) < 4.78 is 0. The van der Waals surface area contributed by atoms with Crippen molar-refractivity contribution in [3.63, 3.8) is 0 Å². The van der Waals surface area contributed by atoms with Gasteiger partial charge in [0.2, 0.25) is 11.8 Å². The molecule has 2 aromatic carbocycles. The summed E-state index contributed by atoms with van der Waals surface area (Å²) in [6, 6.07) is 15.9. The highest BCUT2D eigenvalue weighted by atomic mass is 32.2. The van der Waals surface area contributed by atoms with Gasteiger partial charge in [0.1, 0.15) is 6.04 Å². The molecule has 4 nitrogen and oxygen atoms in total. The number of nitrogens with one attached hydrogen (secondary N) is 1. The average Bonchev–Trinajstić information content (AvgIpc) is 2.70. The zero-order valence-electron chi connectivity index (χ0n) is 17.2. The maximum atomic E-state index is 13.0. The van der Waals surface area contributed by atoms with E-state index in [1.54, 1.807) is 23.7 Å². The van der Waals surface area contributed by atoms with E-state index in [1.807, 2.05) is 38.1 Å². The minimum Gasteiger partial charge on any atom is -0.357 e. The number of amides is 2. The Morgan fingerprint density at radius 2 is 1.75 bits per heavy atom. The van der Waals surface area contributed by atoms with Crippen molar-refractivity contribution in [2.45, 2.75) is 45.5 Å². The van der Waals surface area contributed by atoms with Gasteiger partial charge in [-0.05, 0) is 37.0 Å². The van der Waals surface area contributed by atoms with Gasteiger partial charge in [0.25, 0.3) is 0 Å². The molecule has 1 atom stereocenters. The molecule has 0 aromatic heterocycles. The van der Waals surface area contributed by atoms with Crippen LogP contribution in [0.4, 0.5) is 0 Å². The second kappa shape index (κ2) is 10.9. The van der Waals surface area contributed by atoms with E-state index in [4.69, 9.17) is 0 Å². The van der Waals surface area contributed by atoms with Crippen molar-refractivity contribution in [1.29, 1.82) is 0 Å². The molecule has 2 aromatic rings. The Kier molecular flexibility index (Phi) is 8.58. The number of thioether (sulfide) groups is 1. The molecular weight excluding hydrogens is 368 g/mol. The molecule has 5 heteroatoms. The highest BCUT2D eigenvalue weighted by molar-refractivity contribution is 7.99. The van der Waals surface area contributed by atoms with Gasteiger partial charge in [-0.15, -0.1) is 11.8 Å². The first-order valence-corrected chi connectivity index (χ1v) is 10.8. The van der Waals surface area contributed by atoms with E-state index >= 15 is 0 Å². The number of nitrogens with zero attached hydrogens (tertiary/aromatic N) is 1. The van der Waals surface area contributed by atoms with Crippen molar-refractivity contribution in [3.05, 3.63) is 70.8 Å². The third-order valence-corrected chi connectivity index (χ3v) is 5.84. The van der Waals surface area contributed by atoms with Crippen LogP contribution in [-0.4, -0.2) is 35.6 Å². The van der Waals surface area contributed by atoms with E-state index in [-0.39, 0.29) is 11.8 Å². The zero-order chi connectivity index (χ0) is 20.5. The second-order valence-corrected chi connectivity index (χ2v) is 7.95. The van der Waals surface area contributed by atoms with Gasteiger partial charge in [0, 0.05) is 19.3 Å². The van der Waals surface area contributed by atoms with Crippen LogP contribution in [0, 0.1) is 13.8 Å². The summed E-state index contributed by atoms with van der Waals surface area (Å²) >= 11 is 1.59. The first kappa shape index (κ1) is 22.0. The van der Waals surface area contributed by atoms with E-state index in [0.29, 0.717) is 18.7 Å². The van der Waals surface area contributed by atoms with E-state index in [9.17, 15) is 9.59 Å². The monoisotopic (exact) mass is 398 g/mol. The molecule has 2 rings (SSSR count). The Hall–Kier alpha value is -2.27. The van der Waals surface area contributed by atoms with Gasteiger partial charge in [-0.25, -0.2) is 0 Å². The number of hydrogen-bond acceptors (Lipinski definition) is 3. The lowest BCUT2D eigenvalue weighted by molar-refractivity contribution is -0.139. The van der Waals surface area contributed by atoms with Crippen molar-refractivity contribution in [2.75, 3.05) is 12.8 Å². The van der Waals surface area contributed by atoms with Crippen LogP contribution >= 0.6 is 11.8 Å². The Labute approximate surface area is 172 Å². The number of rotatable bonds is 9. The Morgan fingerprint density at radius 1 is 1.07 bits per heavy atom. The molecule has 1 unspecified atom stereocenters. The fraction of sp³-hybridized carbons (Fsp3) is 0.391. The highest BCUT2D eigenvalue weighted by Gasteiger charge is 2.28. The molecule has 0 bridgehead atoms. The number of carbonyl (C=O) groups excluding carboxylic acids is 2. The number of likely N-dealkylation sites (N-methyl/N-ethyl adjacent to an activating group) is 1. The van der Waals surface area contributed by atoms with Crippen LogP contribution in [0.2, 0.25) is 0 Å². The molecule has 0 aliphatic carbocycles. The SMILES string of the molecule is CCC(C(=O)NC)N(Cc1ccccc1C)C(=O)CSCc1ccc(C)cc1. The third kappa shape index (κ3) is 6.13. The number of aryl methyl sites for hydroxylation is 2. The summed E-state index contributed by atoms with van der Waals surface area (Å²) in [5, 5.41) is 2.70. The first-order chi connectivity index (χ1) is 13.5. The fourth-order valence-corrected chi connectivity index (χ4v) is 3.95. The number of benzene rings is 2. The molecule has 0 radical (unpaired) electrons. The average molecular weight is 399 g/mol. The largest absolute Gasteiger partial charge is 0.357 e. The molecule has 0 saturated heterocycles. The molecule has 0 heterocycles. The van der Waals surface area contributed by atoms with Crippen molar-refractivity contribution in [3.8, 4) is 0 Å². The van der Waals surface area contributed by atoms with Gasteiger partial charge < -0.3 is 10.2 Å². The maximum Gasteiger partial charge on any atom is 0.242 e. The molecule has 28 heavy (non-hydrogen) atoms. The molecule has 0 aliphatic rings. The Bertz CT molecular complexity index is 789.